The van der Waals surface area contributed by atoms with Gasteiger partial charge in [-0.3, -0.25) is 0 Å². The highest BCUT2D eigenvalue weighted by atomic mass is 19.4. The Morgan fingerprint density at radius 3 is 2.45 bits per heavy atom. The van der Waals surface area contributed by atoms with Crippen molar-refractivity contribution in [2.45, 2.75) is 20.0 Å². The second-order valence-electron chi connectivity index (χ2n) is 4.60. The zero-order valence-electron chi connectivity index (χ0n) is 11.0. The number of nitrogens with two attached hydrogens (primary N) is 1. The minimum Gasteiger partial charge on any atom is -0.396 e. The number of nitrogen functional groups attached to an aromatic ring is 1. The molecule has 2 aromatic rings. The summed E-state index contributed by atoms with van der Waals surface area (Å²) in [6.45, 7) is 3.55. The molecule has 0 saturated carbocycles. The van der Waals surface area contributed by atoms with Crippen LogP contribution in [0.2, 0.25) is 0 Å². The molecule has 0 fully saturated rings. The summed E-state index contributed by atoms with van der Waals surface area (Å²) in [5.74, 6) is 0.345. The van der Waals surface area contributed by atoms with Crippen LogP contribution in [-0.2, 0) is 6.18 Å². The minimum atomic E-state index is -4.38. The van der Waals surface area contributed by atoms with Crippen molar-refractivity contribution in [3.8, 4) is 0 Å². The monoisotopic (exact) mass is 281 g/mol. The number of aromatic nitrogens is 1. The Hall–Kier alpha value is -2.24. The smallest absolute Gasteiger partial charge is 0.396 e. The van der Waals surface area contributed by atoms with Crippen molar-refractivity contribution in [3.63, 3.8) is 0 Å². The lowest BCUT2D eigenvalue weighted by Crippen LogP contribution is -2.07. The van der Waals surface area contributed by atoms with Gasteiger partial charge in [-0.15, -0.1) is 0 Å². The standard InChI is InChI=1S/C14H14F3N3/c1-8-5-11(18)13(19-7-8)20-12-6-10(14(15,16)17)4-3-9(12)2/h3-7H,18H2,1-2H3,(H,19,20). The van der Waals surface area contributed by atoms with Crippen LogP contribution < -0.4 is 11.1 Å². The van der Waals surface area contributed by atoms with E-state index in [1.807, 2.05) is 6.92 Å². The summed E-state index contributed by atoms with van der Waals surface area (Å²) in [6, 6.07) is 5.22. The molecule has 3 nitrogen and oxygen atoms in total. The second kappa shape index (κ2) is 5.03. The zero-order valence-corrected chi connectivity index (χ0v) is 11.0. The molecule has 6 heteroatoms. The Bertz CT molecular complexity index is 636. The number of benzene rings is 1. The van der Waals surface area contributed by atoms with Gasteiger partial charge in [-0.2, -0.15) is 13.2 Å². The van der Waals surface area contributed by atoms with E-state index in [-0.39, 0.29) is 0 Å². The Labute approximate surface area is 114 Å². The Balaban J connectivity index is 2.38. The van der Waals surface area contributed by atoms with Gasteiger partial charge in [-0.05, 0) is 43.2 Å². The molecule has 106 valence electrons. The molecule has 2 rings (SSSR count). The number of rotatable bonds is 2. The molecule has 1 heterocycles. The van der Waals surface area contributed by atoms with Gasteiger partial charge in [-0.1, -0.05) is 6.07 Å². The maximum Gasteiger partial charge on any atom is 0.416 e. The van der Waals surface area contributed by atoms with Crippen molar-refractivity contribution in [1.29, 1.82) is 0 Å². The molecule has 0 radical (unpaired) electrons. The van der Waals surface area contributed by atoms with E-state index < -0.39 is 11.7 Å². The third-order valence-electron chi connectivity index (χ3n) is 2.87. The molecule has 0 unspecified atom stereocenters. The number of pyridine rings is 1. The SMILES string of the molecule is Cc1cnc(Nc2cc(C(F)(F)F)ccc2C)c(N)c1. The van der Waals surface area contributed by atoms with Crippen LogP contribution in [0.25, 0.3) is 0 Å². The molecule has 0 amide bonds. The lowest BCUT2D eigenvalue weighted by Gasteiger charge is -2.14. The lowest BCUT2D eigenvalue weighted by atomic mass is 10.1. The van der Waals surface area contributed by atoms with Gasteiger partial charge < -0.3 is 11.1 Å². The fourth-order valence-corrected chi connectivity index (χ4v) is 1.76. The number of hydrogen-bond acceptors (Lipinski definition) is 3. The molecule has 1 aromatic heterocycles. The van der Waals surface area contributed by atoms with Crippen LogP contribution in [0, 0.1) is 13.8 Å². The van der Waals surface area contributed by atoms with E-state index >= 15 is 0 Å². The van der Waals surface area contributed by atoms with Gasteiger partial charge in [0.1, 0.15) is 0 Å². The quantitative estimate of drug-likeness (QED) is 0.873. The molecule has 3 N–H and O–H groups in total. The third kappa shape index (κ3) is 3.01. The normalized spacial score (nSPS) is 11.4. The summed E-state index contributed by atoms with van der Waals surface area (Å²) in [7, 11) is 0. The van der Waals surface area contributed by atoms with Crippen LogP contribution in [0.4, 0.5) is 30.4 Å². The maximum absolute atomic E-state index is 12.7. The third-order valence-corrected chi connectivity index (χ3v) is 2.87. The van der Waals surface area contributed by atoms with E-state index in [9.17, 15) is 13.2 Å². The predicted molar refractivity (Wildman–Crippen MR) is 72.9 cm³/mol. The minimum absolute atomic E-state index is 0.336. The van der Waals surface area contributed by atoms with Crippen molar-refractivity contribution < 1.29 is 13.2 Å². The Morgan fingerprint density at radius 2 is 1.85 bits per heavy atom. The number of halogens is 3. The first-order valence-electron chi connectivity index (χ1n) is 5.94. The summed E-state index contributed by atoms with van der Waals surface area (Å²) >= 11 is 0. The molecule has 20 heavy (non-hydrogen) atoms. The summed E-state index contributed by atoms with van der Waals surface area (Å²) in [5, 5.41) is 2.84. The average molecular weight is 281 g/mol. The van der Waals surface area contributed by atoms with E-state index in [2.05, 4.69) is 10.3 Å². The van der Waals surface area contributed by atoms with Gasteiger partial charge >= 0.3 is 6.18 Å². The van der Waals surface area contributed by atoms with E-state index in [0.717, 1.165) is 17.7 Å². The summed E-state index contributed by atoms with van der Waals surface area (Å²) in [6.07, 6.45) is -2.78. The van der Waals surface area contributed by atoms with Gasteiger partial charge in [0.05, 0.1) is 11.3 Å². The molecule has 0 atom stereocenters. The molecule has 0 aliphatic rings. The van der Waals surface area contributed by atoms with E-state index in [4.69, 9.17) is 5.73 Å². The van der Waals surface area contributed by atoms with Crippen molar-refractivity contribution in [3.05, 3.63) is 47.2 Å². The number of alkyl halides is 3. The highest BCUT2D eigenvalue weighted by Gasteiger charge is 2.30. The van der Waals surface area contributed by atoms with Crippen LogP contribution in [-0.4, -0.2) is 4.98 Å². The largest absolute Gasteiger partial charge is 0.416 e. The summed E-state index contributed by atoms with van der Waals surface area (Å²) in [4.78, 5) is 4.09. The maximum atomic E-state index is 12.7. The average Bonchev–Trinajstić information content (AvgIpc) is 2.33. The first-order valence-corrected chi connectivity index (χ1v) is 5.94. The summed E-state index contributed by atoms with van der Waals surface area (Å²) in [5.41, 5.74) is 7.37. The predicted octanol–water partition coefficient (Wildman–Crippen LogP) is 4.04. The number of aryl methyl sites for hydroxylation is 2. The molecule has 1 aromatic carbocycles. The number of nitrogens with one attached hydrogen (secondary N) is 1. The van der Waals surface area contributed by atoms with Gasteiger partial charge in [0, 0.05) is 11.9 Å². The molecule has 0 aliphatic heterocycles. The van der Waals surface area contributed by atoms with Crippen molar-refractivity contribution >= 4 is 17.2 Å². The summed E-state index contributed by atoms with van der Waals surface area (Å²) < 4.78 is 38.1. The van der Waals surface area contributed by atoms with Crippen LogP contribution >= 0.6 is 0 Å². The van der Waals surface area contributed by atoms with Gasteiger partial charge in [0.25, 0.3) is 0 Å². The number of hydrogen-bond donors (Lipinski definition) is 2. The highest BCUT2D eigenvalue weighted by molar-refractivity contribution is 5.71. The first kappa shape index (κ1) is 14.2. The Morgan fingerprint density at radius 1 is 1.15 bits per heavy atom. The van der Waals surface area contributed by atoms with Crippen LogP contribution in [0.15, 0.2) is 30.5 Å². The van der Waals surface area contributed by atoms with Crippen LogP contribution in [0.1, 0.15) is 16.7 Å². The molecule has 0 bridgehead atoms. The second-order valence-corrected chi connectivity index (χ2v) is 4.60. The molecular formula is C14H14F3N3. The fourth-order valence-electron chi connectivity index (χ4n) is 1.76. The van der Waals surface area contributed by atoms with Gasteiger partial charge in [-0.25, -0.2) is 4.98 Å². The number of nitrogens with zero attached hydrogens (tertiary/aromatic N) is 1. The van der Waals surface area contributed by atoms with E-state index in [0.29, 0.717) is 22.8 Å². The molecule has 0 saturated heterocycles. The van der Waals surface area contributed by atoms with Crippen molar-refractivity contribution in [1.82, 2.24) is 4.98 Å². The highest BCUT2D eigenvalue weighted by Crippen LogP contribution is 2.33. The fraction of sp³-hybridized carbons (Fsp3) is 0.214. The van der Waals surface area contributed by atoms with E-state index in [1.54, 1.807) is 19.2 Å². The molecule has 0 spiro atoms. The van der Waals surface area contributed by atoms with Crippen molar-refractivity contribution in [2.24, 2.45) is 0 Å². The first-order chi connectivity index (χ1) is 9.27. The molecule has 0 aliphatic carbocycles. The zero-order chi connectivity index (χ0) is 14.9. The van der Waals surface area contributed by atoms with E-state index in [1.165, 1.54) is 6.07 Å². The topological polar surface area (TPSA) is 50.9 Å². The van der Waals surface area contributed by atoms with Crippen LogP contribution in [0.5, 0.6) is 0 Å². The van der Waals surface area contributed by atoms with Gasteiger partial charge in [0.15, 0.2) is 5.82 Å². The molecular weight excluding hydrogens is 267 g/mol. The van der Waals surface area contributed by atoms with Crippen molar-refractivity contribution in [2.75, 3.05) is 11.1 Å². The van der Waals surface area contributed by atoms with Gasteiger partial charge in [0.2, 0.25) is 0 Å². The lowest BCUT2D eigenvalue weighted by molar-refractivity contribution is -0.137. The Kier molecular flexibility index (Phi) is 3.57. The van der Waals surface area contributed by atoms with Crippen LogP contribution in [0.3, 0.4) is 0 Å². The number of anilines is 3.